The molecule has 0 amide bonds. The topological polar surface area (TPSA) is 105 Å². The molecule has 2 heterocycles. The third-order valence-electron chi connectivity index (χ3n) is 4.70. The highest BCUT2D eigenvalue weighted by molar-refractivity contribution is 5.97. The van der Waals surface area contributed by atoms with Crippen molar-refractivity contribution >= 4 is 28.0 Å². The van der Waals surface area contributed by atoms with Gasteiger partial charge in [0.2, 0.25) is 11.2 Å². The molecule has 0 aliphatic rings. The Morgan fingerprint density at radius 2 is 2.03 bits per heavy atom. The van der Waals surface area contributed by atoms with Gasteiger partial charge in [-0.15, -0.1) is 0 Å². The van der Waals surface area contributed by atoms with Crippen LogP contribution in [0.15, 0.2) is 45.6 Å². The summed E-state index contributed by atoms with van der Waals surface area (Å²) in [6, 6.07) is 10.3. The number of carbonyl (C=O) groups excluding carboxylic acids is 1. The van der Waals surface area contributed by atoms with Gasteiger partial charge in [0.15, 0.2) is 0 Å². The van der Waals surface area contributed by atoms with Crippen molar-refractivity contribution < 1.29 is 19.1 Å². The SMILES string of the molecule is CCCc1cc2c(=O)c(-c3nc4ccccc4[nH]3)c(C(=O)OCC)oc2cc1O. The van der Waals surface area contributed by atoms with Crippen LogP contribution in [0.3, 0.4) is 0 Å². The minimum absolute atomic E-state index is 0.0142. The average Bonchev–Trinajstić information content (AvgIpc) is 3.13. The van der Waals surface area contributed by atoms with Crippen molar-refractivity contribution in [1.29, 1.82) is 0 Å². The Labute approximate surface area is 166 Å². The van der Waals surface area contributed by atoms with E-state index in [1.807, 2.05) is 25.1 Å². The molecule has 4 aromatic rings. The number of phenolic OH excluding ortho intramolecular Hbond substituents is 1. The zero-order valence-corrected chi connectivity index (χ0v) is 16.1. The van der Waals surface area contributed by atoms with Gasteiger partial charge in [-0.05, 0) is 37.1 Å². The first-order chi connectivity index (χ1) is 14.0. The highest BCUT2D eigenvalue weighted by Gasteiger charge is 2.26. The van der Waals surface area contributed by atoms with Crippen LogP contribution >= 0.6 is 0 Å². The van der Waals surface area contributed by atoms with Crippen molar-refractivity contribution in [2.45, 2.75) is 26.7 Å². The van der Waals surface area contributed by atoms with Crippen LogP contribution in [0, 0.1) is 0 Å². The number of esters is 1. The van der Waals surface area contributed by atoms with Crippen LogP contribution in [0.25, 0.3) is 33.4 Å². The first-order valence-electron chi connectivity index (χ1n) is 9.48. The van der Waals surface area contributed by atoms with E-state index in [0.717, 1.165) is 11.9 Å². The first-order valence-corrected chi connectivity index (χ1v) is 9.48. The second-order valence-corrected chi connectivity index (χ2v) is 6.69. The number of fused-ring (bicyclic) bond motifs is 2. The lowest BCUT2D eigenvalue weighted by Gasteiger charge is -2.10. The Bertz CT molecular complexity index is 1250. The number of hydrogen-bond donors (Lipinski definition) is 2. The third kappa shape index (κ3) is 3.24. The Hall–Kier alpha value is -3.61. The summed E-state index contributed by atoms with van der Waals surface area (Å²) in [6.45, 7) is 3.78. The first kappa shape index (κ1) is 18.7. The van der Waals surface area contributed by atoms with Crippen LogP contribution < -0.4 is 5.43 Å². The lowest BCUT2D eigenvalue weighted by Crippen LogP contribution is -2.15. The number of rotatable bonds is 5. The molecule has 0 aliphatic heterocycles. The Balaban J connectivity index is 2.04. The molecule has 148 valence electrons. The van der Waals surface area contributed by atoms with Gasteiger partial charge in [0.1, 0.15) is 22.7 Å². The van der Waals surface area contributed by atoms with E-state index >= 15 is 0 Å². The number of aryl methyl sites for hydroxylation is 1. The fourth-order valence-electron chi connectivity index (χ4n) is 3.37. The van der Waals surface area contributed by atoms with Gasteiger partial charge in [-0.3, -0.25) is 4.79 Å². The number of aromatic amines is 1. The van der Waals surface area contributed by atoms with Crippen LogP contribution in [0.1, 0.15) is 36.4 Å². The Kier molecular flexibility index (Phi) is 4.80. The lowest BCUT2D eigenvalue weighted by atomic mass is 10.0. The molecule has 0 aliphatic carbocycles. The zero-order valence-electron chi connectivity index (χ0n) is 16.1. The largest absolute Gasteiger partial charge is 0.508 e. The summed E-state index contributed by atoms with van der Waals surface area (Å²) in [5, 5.41) is 10.5. The molecule has 0 radical (unpaired) electrons. The number of nitrogens with one attached hydrogen (secondary N) is 1. The summed E-state index contributed by atoms with van der Waals surface area (Å²) in [5.41, 5.74) is 1.76. The molecule has 0 atom stereocenters. The fourth-order valence-corrected chi connectivity index (χ4v) is 3.37. The van der Waals surface area contributed by atoms with Gasteiger partial charge in [-0.1, -0.05) is 25.5 Å². The summed E-state index contributed by atoms with van der Waals surface area (Å²) in [5.74, 6) is -0.756. The number of para-hydroxylation sites is 2. The number of hydrogen-bond acceptors (Lipinski definition) is 6. The van der Waals surface area contributed by atoms with Gasteiger partial charge in [0.05, 0.1) is 23.0 Å². The van der Waals surface area contributed by atoms with Gasteiger partial charge in [-0.2, -0.15) is 0 Å². The number of nitrogens with zero attached hydrogens (tertiary/aromatic N) is 1. The van der Waals surface area contributed by atoms with Crippen LogP contribution in [0.5, 0.6) is 5.75 Å². The molecule has 7 heteroatoms. The van der Waals surface area contributed by atoms with Gasteiger partial charge in [0, 0.05) is 6.07 Å². The minimum Gasteiger partial charge on any atom is -0.508 e. The molecule has 4 rings (SSSR count). The Morgan fingerprint density at radius 1 is 1.24 bits per heavy atom. The normalized spacial score (nSPS) is 11.2. The van der Waals surface area contributed by atoms with Gasteiger partial charge >= 0.3 is 5.97 Å². The molecule has 7 nitrogen and oxygen atoms in total. The molecule has 0 saturated heterocycles. The van der Waals surface area contributed by atoms with Crippen molar-refractivity contribution in [3.63, 3.8) is 0 Å². The summed E-state index contributed by atoms with van der Waals surface area (Å²) < 4.78 is 10.8. The number of phenols is 1. The van der Waals surface area contributed by atoms with E-state index in [1.165, 1.54) is 6.07 Å². The minimum atomic E-state index is -0.765. The van der Waals surface area contributed by atoms with E-state index in [9.17, 15) is 14.7 Å². The van der Waals surface area contributed by atoms with Crippen LogP contribution in [0.4, 0.5) is 0 Å². The monoisotopic (exact) mass is 392 g/mol. The molecule has 2 aromatic heterocycles. The summed E-state index contributed by atoms with van der Waals surface area (Å²) in [7, 11) is 0. The molecule has 0 unspecified atom stereocenters. The van der Waals surface area contributed by atoms with Gasteiger partial charge < -0.3 is 19.2 Å². The maximum atomic E-state index is 13.4. The maximum absolute atomic E-state index is 13.4. The summed E-state index contributed by atoms with van der Waals surface area (Å²) in [4.78, 5) is 33.5. The molecule has 0 saturated carbocycles. The quantitative estimate of drug-likeness (QED) is 0.494. The molecule has 0 fully saturated rings. The van der Waals surface area contributed by atoms with Crippen LogP contribution in [-0.2, 0) is 11.2 Å². The van der Waals surface area contributed by atoms with Crippen LogP contribution in [-0.4, -0.2) is 27.7 Å². The van der Waals surface area contributed by atoms with Crippen molar-refractivity contribution in [2.75, 3.05) is 6.61 Å². The zero-order chi connectivity index (χ0) is 20.5. The third-order valence-corrected chi connectivity index (χ3v) is 4.70. The number of aromatic hydroxyl groups is 1. The van der Waals surface area contributed by atoms with Crippen molar-refractivity contribution in [3.05, 3.63) is 57.9 Å². The predicted molar refractivity (Wildman–Crippen MR) is 109 cm³/mol. The molecular weight excluding hydrogens is 372 g/mol. The number of carbonyl (C=O) groups is 1. The number of H-pyrrole nitrogens is 1. The predicted octanol–water partition coefficient (Wildman–Crippen LogP) is 4.17. The highest BCUT2D eigenvalue weighted by atomic mass is 16.5. The highest BCUT2D eigenvalue weighted by Crippen LogP contribution is 2.29. The van der Waals surface area contributed by atoms with E-state index in [1.54, 1.807) is 19.1 Å². The van der Waals surface area contributed by atoms with E-state index in [2.05, 4.69) is 9.97 Å². The molecule has 2 aromatic carbocycles. The standard InChI is InChI=1S/C22H20N2O5/c1-3-7-12-10-13-17(11-16(12)25)29-20(22(27)28-4-2)18(19(13)26)21-23-14-8-5-6-9-15(14)24-21/h5-6,8-11,25H,3-4,7H2,1-2H3,(H,23,24). The smallest absolute Gasteiger partial charge is 0.375 e. The van der Waals surface area contributed by atoms with Gasteiger partial charge in [-0.25, -0.2) is 9.78 Å². The van der Waals surface area contributed by atoms with E-state index < -0.39 is 11.4 Å². The summed E-state index contributed by atoms with van der Waals surface area (Å²) in [6.07, 6.45) is 1.42. The molecule has 0 spiro atoms. The Morgan fingerprint density at radius 3 is 2.76 bits per heavy atom. The van der Waals surface area contributed by atoms with E-state index in [4.69, 9.17) is 9.15 Å². The molecule has 29 heavy (non-hydrogen) atoms. The van der Waals surface area contributed by atoms with Gasteiger partial charge in [0.25, 0.3) is 0 Å². The number of aromatic nitrogens is 2. The lowest BCUT2D eigenvalue weighted by molar-refractivity contribution is 0.0492. The average molecular weight is 392 g/mol. The van der Waals surface area contributed by atoms with E-state index in [-0.39, 0.29) is 40.5 Å². The van der Waals surface area contributed by atoms with Crippen LogP contribution in [0.2, 0.25) is 0 Å². The van der Waals surface area contributed by atoms with Crippen molar-refractivity contribution in [2.24, 2.45) is 0 Å². The van der Waals surface area contributed by atoms with Crippen molar-refractivity contribution in [1.82, 2.24) is 9.97 Å². The summed E-state index contributed by atoms with van der Waals surface area (Å²) >= 11 is 0. The maximum Gasteiger partial charge on any atom is 0.375 e. The molecule has 0 bridgehead atoms. The number of ether oxygens (including phenoxy) is 1. The fraction of sp³-hybridized carbons (Fsp3) is 0.227. The number of imidazole rings is 1. The van der Waals surface area contributed by atoms with E-state index in [0.29, 0.717) is 17.5 Å². The van der Waals surface area contributed by atoms with Crippen molar-refractivity contribution in [3.8, 4) is 17.1 Å². The second kappa shape index (κ2) is 7.43. The second-order valence-electron chi connectivity index (χ2n) is 6.69. The number of benzene rings is 2. The molecular formula is C22H20N2O5. The molecule has 2 N–H and O–H groups in total.